The van der Waals surface area contributed by atoms with Crippen LogP contribution in [0.4, 0.5) is 0 Å². The number of nitrogens with zero attached hydrogens (tertiary/aromatic N) is 1. The van der Waals surface area contributed by atoms with E-state index in [4.69, 9.17) is 10.00 Å². The number of ether oxygens (including phenoxy) is 1. The highest BCUT2D eigenvalue weighted by Gasteiger charge is 2.12. The van der Waals surface area contributed by atoms with Crippen LogP contribution < -0.4 is 4.74 Å². The van der Waals surface area contributed by atoms with Gasteiger partial charge in [0.2, 0.25) is 0 Å². The van der Waals surface area contributed by atoms with E-state index in [1.54, 1.807) is 36.9 Å². The molecule has 0 saturated carbocycles. The van der Waals surface area contributed by atoms with Gasteiger partial charge in [-0.2, -0.15) is 5.26 Å². The van der Waals surface area contributed by atoms with Gasteiger partial charge in [-0.25, -0.2) is 0 Å². The zero-order valence-electron chi connectivity index (χ0n) is 11.3. The fourth-order valence-corrected chi connectivity index (χ4v) is 2.38. The van der Waals surface area contributed by atoms with Crippen molar-refractivity contribution in [1.82, 2.24) is 0 Å². The van der Waals surface area contributed by atoms with E-state index in [1.165, 1.54) is 0 Å². The van der Waals surface area contributed by atoms with Gasteiger partial charge >= 0.3 is 0 Å². The molecule has 0 heterocycles. The SMILES string of the molecule is CSc1ccccc1Oc1cc(C#N)ccc1C(C)O. The molecule has 20 heavy (non-hydrogen) atoms. The van der Waals surface area contributed by atoms with E-state index in [-0.39, 0.29) is 0 Å². The quantitative estimate of drug-likeness (QED) is 0.858. The Kier molecular flexibility index (Phi) is 4.67. The molecule has 3 nitrogen and oxygen atoms in total. The Bertz CT molecular complexity index is 647. The van der Waals surface area contributed by atoms with Crippen molar-refractivity contribution < 1.29 is 9.84 Å². The minimum absolute atomic E-state index is 0.506. The highest BCUT2D eigenvalue weighted by atomic mass is 32.2. The zero-order chi connectivity index (χ0) is 14.5. The number of rotatable bonds is 4. The molecule has 0 aliphatic carbocycles. The Labute approximate surface area is 122 Å². The van der Waals surface area contributed by atoms with Crippen LogP contribution in [0.5, 0.6) is 11.5 Å². The van der Waals surface area contributed by atoms with Crippen molar-refractivity contribution in [1.29, 1.82) is 5.26 Å². The standard InChI is InChI=1S/C16H15NO2S/c1-11(18)13-8-7-12(10-17)9-15(13)19-14-5-3-4-6-16(14)20-2/h3-9,11,18H,1-2H3. The molecule has 0 aliphatic rings. The molecule has 4 heteroatoms. The van der Waals surface area contributed by atoms with Crippen LogP contribution in [0, 0.1) is 11.3 Å². The molecule has 1 atom stereocenters. The predicted molar refractivity (Wildman–Crippen MR) is 80.1 cm³/mol. The third kappa shape index (κ3) is 3.13. The predicted octanol–water partition coefficient (Wildman–Crippen LogP) is 4.13. The molecule has 0 radical (unpaired) electrons. The number of hydrogen-bond donors (Lipinski definition) is 1. The second-order valence-corrected chi connectivity index (χ2v) is 5.14. The summed E-state index contributed by atoms with van der Waals surface area (Å²) in [5.41, 5.74) is 1.17. The fourth-order valence-electron chi connectivity index (χ4n) is 1.86. The van der Waals surface area contributed by atoms with Crippen molar-refractivity contribution >= 4 is 11.8 Å². The maximum Gasteiger partial charge on any atom is 0.140 e. The first-order chi connectivity index (χ1) is 9.65. The summed E-state index contributed by atoms with van der Waals surface area (Å²) in [7, 11) is 0. The number of benzene rings is 2. The minimum atomic E-state index is -0.654. The molecule has 0 spiro atoms. The summed E-state index contributed by atoms with van der Waals surface area (Å²) in [6.45, 7) is 1.68. The molecule has 2 rings (SSSR count). The molecule has 0 fully saturated rings. The minimum Gasteiger partial charge on any atom is -0.456 e. The number of nitriles is 1. The Morgan fingerprint density at radius 2 is 1.95 bits per heavy atom. The lowest BCUT2D eigenvalue weighted by Gasteiger charge is -2.15. The van der Waals surface area contributed by atoms with Crippen LogP contribution in [0.1, 0.15) is 24.2 Å². The summed E-state index contributed by atoms with van der Waals surface area (Å²) in [5.74, 6) is 1.23. The summed E-state index contributed by atoms with van der Waals surface area (Å²) in [4.78, 5) is 1.01. The van der Waals surface area contributed by atoms with Gasteiger partial charge in [-0.15, -0.1) is 11.8 Å². The first-order valence-corrected chi connectivity index (χ1v) is 7.41. The summed E-state index contributed by atoms with van der Waals surface area (Å²) < 4.78 is 5.90. The van der Waals surface area contributed by atoms with Crippen LogP contribution >= 0.6 is 11.8 Å². The lowest BCUT2D eigenvalue weighted by Crippen LogP contribution is -1.97. The topological polar surface area (TPSA) is 53.2 Å². The van der Waals surface area contributed by atoms with Crippen LogP contribution in [-0.2, 0) is 0 Å². The molecule has 2 aromatic carbocycles. The maximum absolute atomic E-state index is 9.80. The number of aliphatic hydroxyl groups is 1. The van der Waals surface area contributed by atoms with Gasteiger partial charge in [0.1, 0.15) is 11.5 Å². The summed E-state index contributed by atoms with van der Waals surface area (Å²) in [6.07, 6.45) is 1.32. The second-order valence-electron chi connectivity index (χ2n) is 4.29. The summed E-state index contributed by atoms with van der Waals surface area (Å²) >= 11 is 1.59. The smallest absolute Gasteiger partial charge is 0.140 e. The van der Waals surface area contributed by atoms with Gasteiger partial charge in [-0.3, -0.25) is 0 Å². The number of para-hydroxylation sites is 1. The van der Waals surface area contributed by atoms with Crippen molar-refractivity contribution in [3.63, 3.8) is 0 Å². The Balaban J connectivity index is 2.44. The molecule has 0 amide bonds. The maximum atomic E-state index is 9.80. The first-order valence-electron chi connectivity index (χ1n) is 6.18. The van der Waals surface area contributed by atoms with Crippen molar-refractivity contribution in [2.24, 2.45) is 0 Å². The molecular formula is C16H15NO2S. The highest BCUT2D eigenvalue weighted by molar-refractivity contribution is 7.98. The number of hydrogen-bond acceptors (Lipinski definition) is 4. The Hall–Kier alpha value is -1.96. The largest absolute Gasteiger partial charge is 0.456 e. The van der Waals surface area contributed by atoms with Crippen LogP contribution in [0.15, 0.2) is 47.4 Å². The average Bonchev–Trinajstić information content (AvgIpc) is 2.47. The monoisotopic (exact) mass is 285 g/mol. The van der Waals surface area contributed by atoms with Crippen LogP contribution in [0.25, 0.3) is 0 Å². The lowest BCUT2D eigenvalue weighted by atomic mass is 10.1. The molecule has 1 unspecified atom stereocenters. The van der Waals surface area contributed by atoms with Gasteiger partial charge in [0.25, 0.3) is 0 Å². The van der Waals surface area contributed by atoms with Crippen molar-refractivity contribution in [2.45, 2.75) is 17.9 Å². The Morgan fingerprint density at radius 1 is 1.20 bits per heavy atom. The van der Waals surface area contributed by atoms with E-state index >= 15 is 0 Å². The normalized spacial score (nSPS) is 11.7. The van der Waals surface area contributed by atoms with Crippen molar-refractivity contribution in [3.8, 4) is 17.6 Å². The molecule has 102 valence electrons. The van der Waals surface area contributed by atoms with Gasteiger partial charge in [-0.1, -0.05) is 18.2 Å². The molecule has 2 aromatic rings. The lowest BCUT2D eigenvalue weighted by molar-refractivity contribution is 0.195. The van der Waals surface area contributed by atoms with E-state index in [1.807, 2.05) is 30.5 Å². The Morgan fingerprint density at radius 3 is 2.60 bits per heavy atom. The third-order valence-electron chi connectivity index (χ3n) is 2.88. The molecule has 0 aromatic heterocycles. The van der Waals surface area contributed by atoms with Crippen molar-refractivity contribution in [2.75, 3.05) is 6.26 Å². The highest BCUT2D eigenvalue weighted by Crippen LogP contribution is 2.35. The van der Waals surface area contributed by atoms with E-state index in [2.05, 4.69) is 6.07 Å². The molecule has 0 saturated heterocycles. The molecule has 0 bridgehead atoms. The van der Waals surface area contributed by atoms with Gasteiger partial charge in [0, 0.05) is 10.5 Å². The van der Waals surface area contributed by atoms with E-state index < -0.39 is 6.10 Å². The van der Waals surface area contributed by atoms with Crippen LogP contribution in [-0.4, -0.2) is 11.4 Å². The number of thioether (sulfide) groups is 1. The van der Waals surface area contributed by atoms with E-state index in [0.717, 1.165) is 10.6 Å². The van der Waals surface area contributed by atoms with Gasteiger partial charge in [0.15, 0.2) is 0 Å². The average molecular weight is 285 g/mol. The third-order valence-corrected chi connectivity index (χ3v) is 3.66. The van der Waals surface area contributed by atoms with Gasteiger partial charge < -0.3 is 9.84 Å². The summed E-state index contributed by atoms with van der Waals surface area (Å²) in [6, 6.07) is 14.8. The van der Waals surface area contributed by atoms with Gasteiger partial charge in [-0.05, 0) is 37.4 Å². The van der Waals surface area contributed by atoms with Crippen LogP contribution in [0.3, 0.4) is 0 Å². The van der Waals surface area contributed by atoms with Gasteiger partial charge in [0.05, 0.1) is 17.7 Å². The molecule has 1 N–H and O–H groups in total. The molecular weight excluding hydrogens is 270 g/mol. The molecule has 0 aliphatic heterocycles. The first kappa shape index (κ1) is 14.4. The van der Waals surface area contributed by atoms with E-state index in [0.29, 0.717) is 16.9 Å². The van der Waals surface area contributed by atoms with E-state index in [9.17, 15) is 5.11 Å². The van der Waals surface area contributed by atoms with Crippen molar-refractivity contribution in [3.05, 3.63) is 53.6 Å². The summed E-state index contributed by atoms with van der Waals surface area (Å²) in [5, 5.41) is 18.8. The fraction of sp³-hybridized carbons (Fsp3) is 0.188. The zero-order valence-corrected chi connectivity index (χ0v) is 12.1. The second kappa shape index (κ2) is 6.47. The number of aliphatic hydroxyl groups excluding tert-OH is 1. The van der Waals surface area contributed by atoms with Crippen LogP contribution in [0.2, 0.25) is 0 Å².